The van der Waals surface area contributed by atoms with Crippen molar-refractivity contribution in [2.75, 3.05) is 25.0 Å². The molecule has 0 unspecified atom stereocenters. The predicted molar refractivity (Wildman–Crippen MR) is 115 cm³/mol. The summed E-state index contributed by atoms with van der Waals surface area (Å²) in [7, 11) is 0. The molecule has 0 saturated carbocycles. The van der Waals surface area contributed by atoms with Gasteiger partial charge in [-0.2, -0.15) is 4.37 Å². The highest BCUT2D eigenvalue weighted by Crippen LogP contribution is 2.31. The van der Waals surface area contributed by atoms with E-state index in [4.69, 9.17) is 4.74 Å². The van der Waals surface area contributed by atoms with E-state index in [-0.39, 0.29) is 34.5 Å². The normalized spacial score (nSPS) is 13.4. The molecule has 1 aromatic carbocycles. The van der Waals surface area contributed by atoms with Crippen LogP contribution in [0.25, 0.3) is 0 Å². The SMILES string of the molecule is O=C(NCCCN1CCCC1=O)Nc1snc(OCc2ccc(Br)cc2F)c1C(=O)O. The molecule has 0 bridgehead atoms. The van der Waals surface area contributed by atoms with Crippen molar-refractivity contribution in [3.63, 3.8) is 0 Å². The van der Waals surface area contributed by atoms with Crippen molar-refractivity contribution in [3.05, 3.63) is 39.6 Å². The van der Waals surface area contributed by atoms with E-state index in [1.807, 2.05) is 0 Å². The fourth-order valence-corrected chi connectivity index (χ4v) is 4.05. The van der Waals surface area contributed by atoms with Crippen molar-refractivity contribution in [2.45, 2.75) is 25.9 Å². The van der Waals surface area contributed by atoms with E-state index in [9.17, 15) is 23.9 Å². The fourth-order valence-electron chi connectivity index (χ4n) is 2.99. The maximum absolute atomic E-state index is 13.9. The lowest BCUT2D eigenvalue weighted by molar-refractivity contribution is -0.127. The monoisotopic (exact) mass is 514 g/mol. The lowest BCUT2D eigenvalue weighted by atomic mass is 10.2. The molecule has 9 nitrogen and oxygen atoms in total. The molecule has 1 aromatic heterocycles. The molecule has 2 heterocycles. The van der Waals surface area contributed by atoms with Crippen molar-refractivity contribution in [3.8, 4) is 5.88 Å². The van der Waals surface area contributed by atoms with Crippen LogP contribution < -0.4 is 15.4 Å². The number of aromatic carboxylic acids is 1. The Hall–Kier alpha value is -2.73. The Morgan fingerprint density at radius 2 is 2.19 bits per heavy atom. The summed E-state index contributed by atoms with van der Waals surface area (Å²) in [6.07, 6.45) is 2.01. The molecule has 0 aliphatic carbocycles. The maximum atomic E-state index is 13.9. The quantitative estimate of drug-likeness (QED) is 0.440. The Morgan fingerprint density at radius 1 is 1.39 bits per heavy atom. The van der Waals surface area contributed by atoms with Crippen LogP contribution in [0.1, 0.15) is 35.2 Å². The van der Waals surface area contributed by atoms with Crippen molar-refractivity contribution >= 4 is 50.4 Å². The molecule has 0 atom stereocenters. The van der Waals surface area contributed by atoms with Crippen LogP contribution in [0.5, 0.6) is 5.88 Å². The van der Waals surface area contributed by atoms with Crippen LogP contribution in [0.15, 0.2) is 22.7 Å². The Bertz CT molecular complexity index is 986. The molecular formula is C19H20BrFN4O5S. The number of hydrogen-bond donors (Lipinski definition) is 3. The highest BCUT2D eigenvalue weighted by molar-refractivity contribution is 9.10. The van der Waals surface area contributed by atoms with Gasteiger partial charge in [0, 0.05) is 36.1 Å². The second kappa shape index (κ2) is 10.5. The van der Waals surface area contributed by atoms with Crippen LogP contribution in [0.3, 0.4) is 0 Å². The number of rotatable bonds is 9. The van der Waals surface area contributed by atoms with Crippen molar-refractivity contribution in [1.82, 2.24) is 14.6 Å². The molecule has 1 fully saturated rings. The standard InChI is InChI=1S/C19H20BrFN4O5S/c20-12-5-4-11(13(21)9-12)10-30-16-15(18(27)28)17(31-24-16)23-19(29)22-6-2-8-25-7-1-3-14(25)26/h4-5,9H,1-3,6-8,10H2,(H,27,28)(H2,22,23,29). The zero-order valence-electron chi connectivity index (χ0n) is 16.3. The number of halogens is 2. The number of carbonyl (C=O) groups is 3. The topological polar surface area (TPSA) is 121 Å². The Balaban J connectivity index is 1.53. The minimum absolute atomic E-state index is 0.00555. The molecule has 0 spiro atoms. The van der Waals surface area contributed by atoms with Gasteiger partial charge in [-0.3, -0.25) is 10.1 Å². The van der Waals surface area contributed by atoms with Gasteiger partial charge in [-0.05, 0) is 36.5 Å². The smallest absolute Gasteiger partial charge is 0.344 e. The van der Waals surface area contributed by atoms with Crippen LogP contribution in [-0.2, 0) is 11.4 Å². The number of benzene rings is 1. The molecule has 31 heavy (non-hydrogen) atoms. The number of anilines is 1. The lowest BCUT2D eigenvalue weighted by Gasteiger charge is -2.15. The number of ether oxygens (including phenoxy) is 1. The van der Waals surface area contributed by atoms with Crippen LogP contribution in [0.2, 0.25) is 0 Å². The van der Waals surface area contributed by atoms with Gasteiger partial charge in [0.25, 0.3) is 0 Å². The van der Waals surface area contributed by atoms with Gasteiger partial charge >= 0.3 is 12.0 Å². The summed E-state index contributed by atoms with van der Waals surface area (Å²) in [5, 5.41) is 14.6. The number of aromatic nitrogens is 1. The molecule has 3 amide bonds. The van der Waals surface area contributed by atoms with E-state index in [0.29, 0.717) is 30.4 Å². The number of nitrogens with one attached hydrogen (secondary N) is 2. The molecule has 12 heteroatoms. The molecule has 2 aromatic rings. The number of carboxylic acids is 1. The minimum atomic E-state index is -1.33. The van der Waals surface area contributed by atoms with Gasteiger partial charge in [0.2, 0.25) is 11.8 Å². The number of likely N-dealkylation sites (tertiary alicyclic amines) is 1. The second-order valence-electron chi connectivity index (χ2n) is 6.74. The molecular weight excluding hydrogens is 495 g/mol. The van der Waals surface area contributed by atoms with Gasteiger partial charge in [-0.1, -0.05) is 22.0 Å². The molecule has 1 aliphatic heterocycles. The van der Waals surface area contributed by atoms with E-state index in [2.05, 4.69) is 30.9 Å². The van der Waals surface area contributed by atoms with Gasteiger partial charge in [0.1, 0.15) is 17.4 Å². The second-order valence-corrected chi connectivity index (χ2v) is 8.43. The highest BCUT2D eigenvalue weighted by Gasteiger charge is 2.24. The Labute approximate surface area is 189 Å². The van der Waals surface area contributed by atoms with Crippen molar-refractivity contribution in [1.29, 1.82) is 0 Å². The third-order valence-corrected chi connectivity index (χ3v) is 5.78. The largest absolute Gasteiger partial charge is 0.477 e. The summed E-state index contributed by atoms with van der Waals surface area (Å²) in [6.45, 7) is 1.40. The number of carbonyl (C=O) groups excluding carboxylic acids is 2. The first-order valence-corrected chi connectivity index (χ1v) is 11.0. The number of urea groups is 1. The fraction of sp³-hybridized carbons (Fsp3) is 0.368. The molecule has 1 aliphatic rings. The summed E-state index contributed by atoms with van der Waals surface area (Å²) in [4.78, 5) is 37.1. The summed E-state index contributed by atoms with van der Waals surface area (Å²) in [5.41, 5.74) is -0.0726. The van der Waals surface area contributed by atoms with E-state index in [1.54, 1.807) is 11.0 Å². The number of hydrogen-bond acceptors (Lipinski definition) is 6. The van der Waals surface area contributed by atoms with E-state index < -0.39 is 17.8 Å². The summed E-state index contributed by atoms with van der Waals surface area (Å²) < 4.78 is 23.8. The van der Waals surface area contributed by atoms with E-state index >= 15 is 0 Å². The molecule has 3 rings (SSSR count). The highest BCUT2D eigenvalue weighted by atomic mass is 79.9. The van der Waals surface area contributed by atoms with Gasteiger partial charge in [-0.15, -0.1) is 0 Å². The Morgan fingerprint density at radius 3 is 2.87 bits per heavy atom. The average Bonchev–Trinajstić information content (AvgIpc) is 3.30. The third-order valence-electron chi connectivity index (χ3n) is 4.54. The summed E-state index contributed by atoms with van der Waals surface area (Å²) in [6, 6.07) is 3.82. The van der Waals surface area contributed by atoms with Gasteiger partial charge in [0.15, 0.2) is 5.56 Å². The zero-order chi connectivity index (χ0) is 22.4. The van der Waals surface area contributed by atoms with Crippen LogP contribution in [0, 0.1) is 5.82 Å². The van der Waals surface area contributed by atoms with Gasteiger partial charge in [-0.25, -0.2) is 14.0 Å². The molecule has 1 saturated heterocycles. The number of nitrogens with zero attached hydrogens (tertiary/aromatic N) is 2. The van der Waals surface area contributed by atoms with Crippen LogP contribution in [-0.4, -0.2) is 51.9 Å². The van der Waals surface area contributed by atoms with E-state index in [1.165, 1.54) is 12.1 Å². The minimum Gasteiger partial charge on any atom is -0.477 e. The molecule has 3 N–H and O–H groups in total. The first-order chi connectivity index (χ1) is 14.8. The predicted octanol–water partition coefficient (Wildman–Crippen LogP) is 3.46. The first-order valence-electron chi connectivity index (χ1n) is 9.47. The zero-order valence-corrected chi connectivity index (χ0v) is 18.7. The number of amides is 3. The molecule has 0 radical (unpaired) electrons. The molecule has 166 valence electrons. The van der Waals surface area contributed by atoms with Crippen LogP contribution in [0.4, 0.5) is 14.2 Å². The van der Waals surface area contributed by atoms with Gasteiger partial charge < -0.3 is 20.1 Å². The van der Waals surface area contributed by atoms with E-state index in [0.717, 1.165) is 24.5 Å². The van der Waals surface area contributed by atoms with Gasteiger partial charge in [0.05, 0.1) is 0 Å². The van der Waals surface area contributed by atoms with Crippen molar-refractivity contribution in [2.24, 2.45) is 0 Å². The number of carboxylic acid groups (broad SMARTS) is 1. The average molecular weight is 515 g/mol. The lowest BCUT2D eigenvalue weighted by Crippen LogP contribution is -2.33. The van der Waals surface area contributed by atoms with Crippen LogP contribution >= 0.6 is 27.5 Å². The van der Waals surface area contributed by atoms with Crippen molar-refractivity contribution < 1.29 is 28.6 Å². The maximum Gasteiger partial charge on any atom is 0.344 e. The first kappa shape index (κ1) is 22.9. The summed E-state index contributed by atoms with van der Waals surface area (Å²) in [5.74, 6) is -1.92. The Kier molecular flexibility index (Phi) is 7.80. The summed E-state index contributed by atoms with van der Waals surface area (Å²) >= 11 is 3.91. The third kappa shape index (κ3) is 6.14.